The van der Waals surface area contributed by atoms with Gasteiger partial charge in [-0.1, -0.05) is 0 Å². The molecule has 2 N–H and O–H groups in total. The summed E-state index contributed by atoms with van der Waals surface area (Å²) < 4.78 is 10.8. The highest BCUT2D eigenvalue weighted by Crippen LogP contribution is 2.43. The molecule has 130 valence electrons. The normalized spacial score (nSPS) is 17.2. The fraction of sp³-hybridized carbons (Fsp3) is 0.350. The van der Waals surface area contributed by atoms with Gasteiger partial charge in [0.25, 0.3) is 5.91 Å². The average Bonchev–Trinajstić information content (AvgIpc) is 3.12. The number of anilines is 1. The summed E-state index contributed by atoms with van der Waals surface area (Å²) >= 11 is 0. The largest absolute Gasteiger partial charge is 0.497 e. The van der Waals surface area contributed by atoms with Crippen LogP contribution < -0.4 is 14.8 Å². The highest BCUT2D eigenvalue weighted by molar-refractivity contribution is 6.35. The summed E-state index contributed by atoms with van der Waals surface area (Å²) in [5.74, 6) is 1.17. The summed E-state index contributed by atoms with van der Waals surface area (Å²) in [5, 5.41) is 2.92. The number of methoxy groups -OCH3 is 2. The molecule has 0 spiro atoms. The zero-order valence-corrected chi connectivity index (χ0v) is 14.8. The van der Waals surface area contributed by atoms with Crippen molar-refractivity contribution in [3.05, 3.63) is 40.2 Å². The average molecular weight is 338 g/mol. The summed E-state index contributed by atoms with van der Waals surface area (Å²) in [4.78, 5) is 16.1. The number of carbonyl (C=O) groups excluding carboxylic acids is 1. The number of ether oxygens (including phenoxy) is 2. The number of fused-ring (bicyclic) bond motifs is 2. The molecule has 2 heterocycles. The second kappa shape index (κ2) is 5.99. The molecule has 0 fully saturated rings. The van der Waals surface area contributed by atoms with Gasteiger partial charge in [0.05, 0.1) is 31.0 Å². The highest BCUT2D eigenvalue weighted by Gasteiger charge is 2.29. The van der Waals surface area contributed by atoms with Crippen molar-refractivity contribution in [3.63, 3.8) is 0 Å². The molecule has 5 nitrogen and oxygen atoms in total. The Morgan fingerprint density at radius 2 is 1.92 bits per heavy atom. The number of aromatic amines is 1. The van der Waals surface area contributed by atoms with Gasteiger partial charge in [-0.05, 0) is 49.8 Å². The van der Waals surface area contributed by atoms with Gasteiger partial charge >= 0.3 is 0 Å². The number of aromatic nitrogens is 1. The molecule has 0 saturated heterocycles. The van der Waals surface area contributed by atoms with Crippen molar-refractivity contribution in [2.45, 2.75) is 32.6 Å². The van der Waals surface area contributed by atoms with Crippen molar-refractivity contribution >= 4 is 23.2 Å². The molecule has 1 aromatic heterocycles. The number of aryl methyl sites for hydroxylation is 1. The van der Waals surface area contributed by atoms with Gasteiger partial charge in [-0.25, -0.2) is 0 Å². The minimum absolute atomic E-state index is 0.117. The fourth-order valence-corrected chi connectivity index (χ4v) is 3.85. The first-order chi connectivity index (χ1) is 12.1. The Bertz CT molecular complexity index is 893. The Balaban J connectivity index is 1.84. The van der Waals surface area contributed by atoms with Gasteiger partial charge in [-0.15, -0.1) is 0 Å². The number of amides is 1. The molecular weight excluding hydrogens is 316 g/mol. The van der Waals surface area contributed by atoms with E-state index in [0.29, 0.717) is 17.1 Å². The van der Waals surface area contributed by atoms with Crippen LogP contribution in [0.2, 0.25) is 0 Å². The number of carbonyl (C=O) groups is 1. The third kappa shape index (κ3) is 2.51. The lowest BCUT2D eigenvalue weighted by Gasteiger charge is -2.10. The maximum absolute atomic E-state index is 12.6. The summed E-state index contributed by atoms with van der Waals surface area (Å²) in [7, 11) is 3.20. The molecule has 1 aromatic carbocycles. The van der Waals surface area contributed by atoms with Gasteiger partial charge < -0.3 is 19.8 Å². The molecule has 1 amide bonds. The lowest BCUT2D eigenvalue weighted by molar-refractivity contribution is -0.110. The Kier molecular flexibility index (Phi) is 3.79. The van der Waals surface area contributed by atoms with Crippen molar-refractivity contribution < 1.29 is 14.3 Å². The van der Waals surface area contributed by atoms with Crippen molar-refractivity contribution in [1.82, 2.24) is 4.98 Å². The third-order valence-corrected chi connectivity index (χ3v) is 5.19. The molecule has 0 bridgehead atoms. The van der Waals surface area contributed by atoms with Crippen LogP contribution in [-0.2, 0) is 17.6 Å². The molecule has 0 radical (unpaired) electrons. The predicted octanol–water partition coefficient (Wildman–Crippen LogP) is 3.71. The minimum atomic E-state index is -0.117. The number of hydrogen-bond acceptors (Lipinski definition) is 3. The Morgan fingerprint density at radius 3 is 2.64 bits per heavy atom. The van der Waals surface area contributed by atoms with E-state index in [1.165, 1.54) is 29.7 Å². The number of hydrogen-bond donors (Lipinski definition) is 2. The Morgan fingerprint density at radius 1 is 1.12 bits per heavy atom. The van der Waals surface area contributed by atoms with Crippen LogP contribution in [0.5, 0.6) is 11.5 Å². The van der Waals surface area contributed by atoms with Crippen molar-refractivity contribution in [2.24, 2.45) is 0 Å². The zero-order chi connectivity index (χ0) is 17.6. The van der Waals surface area contributed by atoms with Gasteiger partial charge in [0.15, 0.2) is 0 Å². The van der Waals surface area contributed by atoms with Gasteiger partial charge in [-0.2, -0.15) is 0 Å². The molecule has 0 atom stereocenters. The first kappa shape index (κ1) is 15.8. The molecule has 25 heavy (non-hydrogen) atoms. The molecule has 4 rings (SSSR count). The van der Waals surface area contributed by atoms with E-state index in [2.05, 4.69) is 17.2 Å². The Hall–Kier alpha value is -2.69. The molecule has 2 aliphatic rings. The minimum Gasteiger partial charge on any atom is -0.497 e. The van der Waals surface area contributed by atoms with Crippen LogP contribution in [0.3, 0.4) is 0 Å². The topological polar surface area (TPSA) is 63.4 Å². The highest BCUT2D eigenvalue weighted by atomic mass is 16.5. The first-order valence-corrected chi connectivity index (χ1v) is 8.62. The van der Waals surface area contributed by atoms with Crippen LogP contribution in [0.4, 0.5) is 5.69 Å². The standard InChI is InChI=1S/C20H22N2O3/c1-11-13-6-4-5-7-15(13)21-16(11)10-14-19-17(22-20(14)23)8-12(24-2)9-18(19)25-3/h8-10,21H,4-7H2,1-3H3,(H,22,23). The lowest BCUT2D eigenvalue weighted by Crippen LogP contribution is -2.03. The molecule has 0 unspecified atom stereocenters. The van der Waals surface area contributed by atoms with E-state index in [9.17, 15) is 4.79 Å². The molecule has 1 aliphatic heterocycles. The number of H-pyrrole nitrogens is 1. The van der Waals surface area contributed by atoms with Gasteiger partial charge in [0.2, 0.25) is 0 Å². The maximum atomic E-state index is 12.6. The van der Waals surface area contributed by atoms with Gasteiger partial charge in [-0.3, -0.25) is 4.79 Å². The second-order valence-corrected chi connectivity index (χ2v) is 6.59. The maximum Gasteiger partial charge on any atom is 0.256 e. The molecule has 1 aliphatic carbocycles. The number of benzene rings is 1. The van der Waals surface area contributed by atoms with Crippen LogP contribution in [0, 0.1) is 6.92 Å². The Labute approximate surface area is 147 Å². The van der Waals surface area contributed by atoms with Crippen LogP contribution in [0.1, 0.15) is 40.9 Å². The van der Waals surface area contributed by atoms with E-state index in [1.54, 1.807) is 20.3 Å². The van der Waals surface area contributed by atoms with Crippen LogP contribution >= 0.6 is 0 Å². The van der Waals surface area contributed by atoms with Crippen LogP contribution in [0.15, 0.2) is 12.1 Å². The summed E-state index contributed by atoms with van der Waals surface area (Å²) in [6, 6.07) is 3.63. The van der Waals surface area contributed by atoms with Gasteiger partial charge in [0.1, 0.15) is 11.5 Å². The summed E-state index contributed by atoms with van der Waals surface area (Å²) in [6.45, 7) is 2.13. The summed E-state index contributed by atoms with van der Waals surface area (Å²) in [6.07, 6.45) is 6.61. The zero-order valence-electron chi connectivity index (χ0n) is 14.8. The van der Waals surface area contributed by atoms with Crippen molar-refractivity contribution in [3.8, 4) is 11.5 Å². The first-order valence-electron chi connectivity index (χ1n) is 8.62. The van der Waals surface area contributed by atoms with E-state index in [0.717, 1.165) is 29.8 Å². The quantitative estimate of drug-likeness (QED) is 0.839. The SMILES string of the molecule is COc1cc2c(c(OC)c1)C(=Cc1[nH]c3c(c1C)CCCC3)C(=O)N2. The fourth-order valence-electron chi connectivity index (χ4n) is 3.85. The molecule has 0 saturated carbocycles. The molecule has 5 heteroatoms. The predicted molar refractivity (Wildman–Crippen MR) is 98.2 cm³/mol. The molecular formula is C20H22N2O3. The monoisotopic (exact) mass is 338 g/mol. The van der Waals surface area contributed by atoms with E-state index < -0.39 is 0 Å². The van der Waals surface area contributed by atoms with Crippen LogP contribution in [0.25, 0.3) is 11.6 Å². The lowest BCUT2D eigenvalue weighted by atomic mass is 9.94. The van der Waals surface area contributed by atoms with E-state index in [1.807, 2.05) is 12.1 Å². The van der Waals surface area contributed by atoms with Gasteiger partial charge in [0, 0.05) is 23.5 Å². The number of rotatable bonds is 3. The van der Waals surface area contributed by atoms with E-state index in [-0.39, 0.29) is 5.91 Å². The summed E-state index contributed by atoms with van der Waals surface area (Å²) in [5.41, 5.74) is 7.13. The second-order valence-electron chi connectivity index (χ2n) is 6.59. The molecule has 2 aromatic rings. The smallest absolute Gasteiger partial charge is 0.256 e. The third-order valence-electron chi connectivity index (χ3n) is 5.19. The van der Waals surface area contributed by atoms with Crippen LogP contribution in [-0.4, -0.2) is 25.1 Å². The van der Waals surface area contributed by atoms with E-state index in [4.69, 9.17) is 9.47 Å². The van der Waals surface area contributed by atoms with E-state index >= 15 is 0 Å². The van der Waals surface area contributed by atoms with Crippen molar-refractivity contribution in [1.29, 1.82) is 0 Å². The van der Waals surface area contributed by atoms with Crippen molar-refractivity contribution in [2.75, 3.05) is 19.5 Å². The number of nitrogens with one attached hydrogen (secondary N) is 2.